The second-order valence-corrected chi connectivity index (χ2v) is 8.98. The van der Waals surface area contributed by atoms with Gasteiger partial charge >= 0.3 is 5.97 Å². The predicted molar refractivity (Wildman–Crippen MR) is 133 cm³/mol. The van der Waals surface area contributed by atoms with Crippen LogP contribution >= 0.6 is 23.4 Å². The zero-order chi connectivity index (χ0) is 24.0. The molecule has 170 valence electrons. The molecule has 6 nitrogen and oxygen atoms in total. The number of benzene rings is 3. The van der Waals surface area contributed by atoms with Crippen molar-refractivity contribution in [2.75, 3.05) is 10.6 Å². The highest BCUT2D eigenvalue weighted by Gasteiger charge is 2.20. The molecule has 0 aliphatic carbocycles. The fraction of sp³-hybridized carbons (Fsp3) is 0.160. The topological polar surface area (TPSA) is 95.5 Å². The van der Waals surface area contributed by atoms with Gasteiger partial charge in [0.05, 0.1) is 21.5 Å². The summed E-state index contributed by atoms with van der Waals surface area (Å²) in [5, 5.41) is 14.6. The number of hydrogen-bond acceptors (Lipinski definition) is 4. The normalized spacial score (nSPS) is 11.5. The summed E-state index contributed by atoms with van der Waals surface area (Å²) in [6.45, 7) is 3.76. The van der Waals surface area contributed by atoms with Crippen LogP contribution in [-0.2, 0) is 4.79 Å². The Bertz CT molecular complexity index is 1200. The molecule has 0 aliphatic rings. The molecular weight excluding hydrogens is 460 g/mol. The van der Waals surface area contributed by atoms with Crippen molar-refractivity contribution in [3.63, 3.8) is 0 Å². The van der Waals surface area contributed by atoms with E-state index in [2.05, 4.69) is 10.6 Å². The average molecular weight is 483 g/mol. The third-order valence-electron chi connectivity index (χ3n) is 4.89. The van der Waals surface area contributed by atoms with Crippen LogP contribution in [-0.4, -0.2) is 28.1 Å². The first-order valence-electron chi connectivity index (χ1n) is 10.3. The lowest BCUT2D eigenvalue weighted by Gasteiger charge is -2.16. The van der Waals surface area contributed by atoms with Crippen LogP contribution in [0.1, 0.15) is 39.6 Å². The van der Waals surface area contributed by atoms with E-state index in [9.17, 15) is 19.5 Å². The van der Waals surface area contributed by atoms with Crippen molar-refractivity contribution in [2.24, 2.45) is 0 Å². The molecule has 0 aromatic heterocycles. The third kappa shape index (κ3) is 6.37. The molecule has 0 aliphatic heterocycles. The SMILES string of the molecule is CCC(Sc1cccc(NC(=O)c2ccccc2C)c1)C(=O)Nc1cc(C(=O)O)ccc1Cl. The molecule has 0 saturated carbocycles. The molecule has 0 saturated heterocycles. The van der Waals surface area contributed by atoms with E-state index in [1.54, 1.807) is 12.1 Å². The highest BCUT2D eigenvalue weighted by molar-refractivity contribution is 8.00. The second kappa shape index (κ2) is 11.0. The maximum Gasteiger partial charge on any atom is 0.335 e. The molecule has 3 aromatic carbocycles. The summed E-state index contributed by atoms with van der Waals surface area (Å²) < 4.78 is 0. The molecule has 0 fully saturated rings. The Balaban J connectivity index is 1.71. The second-order valence-electron chi connectivity index (χ2n) is 7.30. The molecule has 0 spiro atoms. The van der Waals surface area contributed by atoms with E-state index < -0.39 is 11.2 Å². The van der Waals surface area contributed by atoms with Crippen LogP contribution in [0.2, 0.25) is 5.02 Å². The Labute approximate surface area is 201 Å². The summed E-state index contributed by atoms with van der Waals surface area (Å²) in [6.07, 6.45) is 0.534. The number of nitrogens with one attached hydrogen (secondary N) is 2. The van der Waals surface area contributed by atoms with Crippen LogP contribution in [0, 0.1) is 6.92 Å². The van der Waals surface area contributed by atoms with Crippen molar-refractivity contribution in [3.05, 3.63) is 88.4 Å². The number of amides is 2. The molecule has 3 aromatic rings. The average Bonchev–Trinajstić information content (AvgIpc) is 2.79. The van der Waals surface area contributed by atoms with Crippen molar-refractivity contribution in [2.45, 2.75) is 30.4 Å². The minimum Gasteiger partial charge on any atom is -0.478 e. The zero-order valence-electron chi connectivity index (χ0n) is 18.1. The van der Waals surface area contributed by atoms with E-state index in [1.807, 2.05) is 50.2 Å². The van der Waals surface area contributed by atoms with Gasteiger partial charge in [0.15, 0.2) is 0 Å². The van der Waals surface area contributed by atoms with E-state index in [0.29, 0.717) is 17.7 Å². The van der Waals surface area contributed by atoms with Gasteiger partial charge in [-0.3, -0.25) is 9.59 Å². The van der Waals surface area contributed by atoms with Gasteiger partial charge in [0.2, 0.25) is 5.91 Å². The number of thioether (sulfide) groups is 1. The van der Waals surface area contributed by atoms with Crippen molar-refractivity contribution >= 4 is 52.5 Å². The maximum absolute atomic E-state index is 12.9. The third-order valence-corrected chi connectivity index (χ3v) is 6.58. The van der Waals surface area contributed by atoms with Crippen LogP contribution in [0.4, 0.5) is 11.4 Å². The molecule has 0 bridgehead atoms. The fourth-order valence-corrected chi connectivity index (χ4v) is 4.31. The Hall–Kier alpha value is -3.29. The Morgan fingerprint density at radius 3 is 2.45 bits per heavy atom. The number of carboxylic acid groups (broad SMARTS) is 1. The van der Waals surface area contributed by atoms with E-state index in [1.165, 1.54) is 30.0 Å². The van der Waals surface area contributed by atoms with Crippen molar-refractivity contribution in [3.8, 4) is 0 Å². The number of anilines is 2. The van der Waals surface area contributed by atoms with E-state index in [-0.39, 0.29) is 28.1 Å². The summed E-state index contributed by atoms with van der Waals surface area (Å²) in [5.41, 5.74) is 2.39. The number of carboxylic acids is 1. The number of halogens is 1. The first kappa shape index (κ1) is 24.4. The van der Waals surface area contributed by atoms with Crippen molar-refractivity contribution < 1.29 is 19.5 Å². The monoisotopic (exact) mass is 482 g/mol. The number of aryl methyl sites for hydroxylation is 1. The molecule has 8 heteroatoms. The molecule has 0 heterocycles. The van der Waals surface area contributed by atoms with Crippen LogP contribution in [0.15, 0.2) is 71.6 Å². The zero-order valence-corrected chi connectivity index (χ0v) is 19.7. The smallest absolute Gasteiger partial charge is 0.335 e. The fourth-order valence-electron chi connectivity index (χ4n) is 3.13. The van der Waals surface area contributed by atoms with Gasteiger partial charge in [-0.05, 0) is 61.4 Å². The van der Waals surface area contributed by atoms with Crippen LogP contribution in [0.3, 0.4) is 0 Å². The van der Waals surface area contributed by atoms with Crippen molar-refractivity contribution in [1.29, 1.82) is 0 Å². The lowest BCUT2D eigenvalue weighted by atomic mass is 10.1. The molecule has 3 N–H and O–H groups in total. The quantitative estimate of drug-likeness (QED) is 0.337. The Morgan fingerprint density at radius 2 is 1.76 bits per heavy atom. The number of rotatable bonds is 8. The van der Waals surface area contributed by atoms with Crippen molar-refractivity contribution in [1.82, 2.24) is 0 Å². The Kier molecular flexibility index (Phi) is 8.14. The summed E-state index contributed by atoms with van der Waals surface area (Å²) in [7, 11) is 0. The molecule has 33 heavy (non-hydrogen) atoms. The standard InChI is InChI=1S/C25H23ClN2O4S/c1-3-22(24(30)28-21-13-16(25(31)32)11-12-20(21)26)33-18-9-6-8-17(14-18)27-23(29)19-10-5-4-7-15(19)2/h4-14,22H,3H2,1-2H3,(H,27,29)(H,28,30)(H,31,32). The van der Waals surface area contributed by atoms with Gasteiger partial charge < -0.3 is 15.7 Å². The summed E-state index contributed by atoms with van der Waals surface area (Å²) in [5.74, 6) is -1.59. The first-order valence-corrected chi connectivity index (χ1v) is 11.5. The highest BCUT2D eigenvalue weighted by Crippen LogP contribution is 2.30. The minimum absolute atomic E-state index is 0.0347. The maximum atomic E-state index is 12.9. The van der Waals surface area contributed by atoms with Gasteiger partial charge in [0.25, 0.3) is 5.91 Å². The summed E-state index contributed by atoms with van der Waals surface area (Å²) in [6, 6.07) is 18.8. The molecule has 1 unspecified atom stereocenters. The number of hydrogen-bond donors (Lipinski definition) is 3. The van der Waals surface area contributed by atoms with Crippen LogP contribution < -0.4 is 10.6 Å². The molecule has 1 atom stereocenters. The first-order chi connectivity index (χ1) is 15.8. The van der Waals surface area contributed by atoms with Crippen LogP contribution in [0.25, 0.3) is 0 Å². The van der Waals surface area contributed by atoms with Gasteiger partial charge in [-0.15, -0.1) is 11.8 Å². The van der Waals surface area contributed by atoms with Crippen LogP contribution in [0.5, 0.6) is 0 Å². The van der Waals surface area contributed by atoms with Gasteiger partial charge in [-0.25, -0.2) is 4.79 Å². The highest BCUT2D eigenvalue weighted by atomic mass is 35.5. The van der Waals surface area contributed by atoms with E-state index in [0.717, 1.165) is 10.5 Å². The summed E-state index contributed by atoms with van der Waals surface area (Å²) in [4.78, 5) is 37.5. The number of carbonyl (C=O) groups is 3. The van der Waals surface area contributed by atoms with Gasteiger partial charge in [0.1, 0.15) is 0 Å². The predicted octanol–water partition coefficient (Wildman–Crippen LogP) is 6.11. The van der Waals surface area contributed by atoms with Gasteiger partial charge in [-0.1, -0.05) is 42.8 Å². The lowest BCUT2D eigenvalue weighted by molar-refractivity contribution is -0.115. The molecular formula is C25H23ClN2O4S. The minimum atomic E-state index is -1.10. The molecule has 3 rings (SSSR count). The van der Waals surface area contributed by atoms with Gasteiger partial charge in [-0.2, -0.15) is 0 Å². The van der Waals surface area contributed by atoms with Gasteiger partial charge in [0, 0.05) is 16.1 Å². The van der Waals surface area contributed by atoms with E-state index in [4.69, 9.17) is 11.6 Å². The summed E-state index contributed by atoms with van der Waals surface area (Å²) >= 11 is 7.48. The molecule has 2 amide bonds. The van der Waals surface area contributed by atoms with E-state index >= 15 is 0 Å². The molecule has 0 radical (unpaired) electrons. The lowest BCUT2D eigenvalue weighted by Crippen LogP contribution is -2.24. The Morgan fingerprint density at radius 1 is 1.00 bits per heavy atom. The largest absolute Gasteiger partial charge is 0.478 e. The number of aromatic carboxylic acids is 1. The number of carbonyl (C=O) groups excluding carboxylic acids is 2.